The molecule has 1 atom stereocenters. The summed E-state index contributed by atoms with van der Waals surface area (Å²) in [5, 5.41) is 17.9. The number of rotatable bonds is 6. The molecule has 0 saturated carbocycles. The maximum Gasteiger partial charge on any atom is 0.417 e. The highest BCUT2D eigenvalue weighted by atomic mass is 35.5. The number of aliphatic hydroxyl groups is 1. The van der Waals surface area contributed by atoms with Crippen LogP contribution in [-0.2, 0) is 6.18 Å². The van der Waals surface area contributed by atoms with Crippen LogP contribution >= 0.6 is 22.9 Å². The van der Waals surface area contributed by atoms with E-state index in [0.29, 0.717) is 26.9 Å². The summed E-state index contributed by atoms with van der Waals surface area (Å²) in [4.78, 5) is 4.27. The molecule has 3 aromatic heterocycles. The molecule has 1 N–H and O–H groups in total. The van der Waals surface area contributed by atoms with Gasteiger partial charge in [-0.2, -0.15) is 13.2 Å². The highest BCUT2D eigenvalue weighted by molar-refractivity contribution is 7.18. The van der Waals surface area contributed by atoms with E-state index in [1.807, 2.05) is 0 Å². The maximum absolute atomic E-state index is 14.5. The fourth-order valence-corrected chi connectivity index (χ4v) is 3.91. The lowest BCUT2D eigenvalue weighted by atomic mass is 10.2. The summed E-state index contributed by atoms with van der Waals surface area (Å²) in [5.41, 5.74) is 0.124. The largest absolute Gasteiger partial charge is 0.490 e. The lowest BCUT2D eigenvalue weighted by Gasteiger charge is -2.12. The number of nitrogens with zero attached hydrogens (tertiary/aromatic N) is 4. The van der Waals surface area contributed by atoms with Crippen LogP contribution in [0.15, 0.2) is 36.7 Å². The molecular weight excluding hydrogens is 472 g/mol. The van der Waals surface area contributed by atoms with Gasteiger partial charge in [-0.1, -0.05) is 29.9 Å². The molecule has 3 heterocycles. The smallest absolute Gasteiger partial charge is 0.417 e. The third kappa shape index (κ3) is 4.54. The predicted molar refractivity (Wildman–Crippen MR) is 111 cm³/mol. The lowest BCUT2D eigenvalue weighted by molar-refractivity contribution is -0.137. The first-order valence-corrected chi connectivity index (χ1v) is 10.5. The summed E-state index contributed by atoms with van der Waals surface area (Å²) in [5.74, 6) is -0.875. The third-order valence-corrected chi connectivity index (χ3v) is 5.80. The molecule has 0 aliphatic carbocycles. The van der Waals surface area contributed by atoms with Gasteiger partial charge in [-0.3, -0.25) is 0 Å². The molecule has 168 valence electrons. The molecule has 0 amide bonds. The molecule has 0 bridgehead atoms. The normalized spacial score (nSPS) is 13.0. The topological polar surface area (TPSA) is 72.5 Å². The SMILES string of the molecule is CC(CO)COc1cc(Cl)c(-c2nnc(-c3cn4cc(C(F)(F)F)ccc4n3)s2)cc1F. The molecule has 1 unspecified atom stereocenters. The molecular formula is C20H15ClF4N4O2S. The van der Waals surface area contributed by atoms with Gasteiger partial charge in [0.2, 0.25) is 0 Å². The summed E-state index contributed by atoms with van der Waals surface area (Å²) in [6, 6.07) is 4.70. The number of ether oxygens (including phenoxy) is 1. The number of fused-ring (bicyclic) bond motifs is 1. The minimum atomic E-state index is -4.47. The predicted octanol–water partition coefficient (Wildman–Crippen LogP) is 5.34. The van der Waals surface area contributed by atoms with Gasteiger partial charge in [0.15, 0.2) is 16.6 Å². The second-order valence-corrected chi connectivity index (χ2v) is 8.47. The first-order chi connectivity index (χ1) is 15.2. The molecule has 0 aliphatic rings. The molecule has 4 aromatic rings. The number of alkyl halides is 3. The molecule has 0 radical (unpaired) electrons. The van der Waals surface area contributed by atoms with Crippen LogP contribution in [0.3, 0.4) is 0 Å². The quantitative estimate of drug-likeness (QED) is 0.372. The first-order valence-electron chi connectivity index (χ1n) is 9.28. The molecule has 6 nitrogen and oxygen atoms in total. The van der Waals surface area contributed by atoms with Gasteiger partial charge in [0.25, 0.3) is 0 Å². The number of hydrogen-bond donors (Lipinski definition) is 1. The van der Waals surface area contributed by atoms with Crippen molar-refractivity contribution in [1.29, 1.82) is 0 Å². The minimum Gasteiger partial charge on any atom is -0.490 e. The zero-order valence-electron chi connectivity index (χ0n) is 16.4. The Balaban J connectivity index is 1.62. The van der Waals surface area contributed by atoms with Gasteiger partial charge in [-0.15, -0.1) is 10.2 Å². The van der Waals surface area contributed by atoms with Crippen molar-refractivity contribution in [2.24, 2.45) is 5.92 Å². The van der Waals surface area contributed by atoms with Crippen LogP contribution < -0.4 is 4.74 Å². The zero-order chi connectivity index (χ0) is 23.0. The summed E-state index contributed by atoms with van der Waals surface area (Å²) in [7, 11) is 0. The van der Waals surface area contributed by atoms with Crippen molar-refractivity contribution in [3.05, 3.63) is 53.1 Å². The van der Waals surface area contributed by atoms with Gasteiger partial charge in [0.1, 0.15) is 16.3 Å². The van der Waals surface area contributed by atoms with E-state index >= 15 is 0 Å². The van der Waals surface area contributed by atoms with Crippen molar-refractivity contribution in [1.82, 2.24) is 19.6 Å². The highest BCUT2D eigenvalue weighted by Gasteiger charge is 2.31. The van der Waals surface area contributed by atoms with Gasteiger partial charge in [-0.25, -0.2) is 9.37 Å². The fourth-order valence-electron chi connectivity index (χ4n) is 2.79. The summed E-state index contributed by atoms with van der Waals surface area (Å²) in [6.07, 6.45) is -2.12. The minimum absolute atomic E-state index is 0.0513. The van der Waals surface area contributed by atoms with Crippen molar-refractivity contribution in [2.45, 2.75) is 13.1 Å². The van der Waals surface area contributed by atoms with Gasteiger partial charge in [-0.05, 0) is 18.2 Å². The average Bonchev–Trinajstić information content (AvgIpc) is 3.39. The Hall–Kier alpha value is -2.76. The second kappa shape index (κ2) is 8.64. The van der Waals surface area contributed by atoms with Crippen LogP contribution in [0.1, 0.15) is 12.5 Å². The summed E-state index contributed by atoms with van der Waals surface area (Å²) in [6.45, 7) is 1.78. The van der Waals surface area contributed by atoms with E-state index in [1.54, 1.807) is 6.92 Å². The van der Waals surface area contributed by atoms with E-state index in [2.05, 4.69) is 15.2 Å². The Bertz CT molecular complexity index is 1270. The third-order valence-electron chi connectivity index (χ3n) is 4.51. The number of halogens is 5. The van der Waals surface area contributed by atoms with Gasteiger partial charge in [0, 0.05) is 36.5 Å². The van der Waals surface area contributed by atoms with Crippen molar-refractivity contribution >= 4 is 28.6 Å². The molecule has 4 rings (SSSR count). The fraction of sp³-hybridized carbons (Fsp3) is 0.250. The first kappa shape index (κ1) is 22.4. The van der Waals surface area contributed by atoms with Crippen LogP contribution in [0, 0.1) is 11.7 Å². The molecule has 0 fully saturated rings. The Morgan fingerprint density at radius 1 is 1.19 bits per heavy atom. The van der Waals surface area contributed by atoms with E-state index < -0.39 is 17.6 Å². The molecule has 0 saturated heterocycles. The van der Waals surface area contributed by atoms with Crippen molar-refractivity contribution in [3.8, 4) is 27.0 Å². The number of aromatic nitrogens is 4. The number of pyridine rings is 1. The van der Waals surface area contributed by atoms with E-state index in [4.69, 9.17) is 21.4 Å². The lowest BCUT2D eigenvalue weighted by Crippen LogP contribution is -2.12. The van der Waals surface area contributed by atoms with Gasteiger partial charge < -0.3 is 14.2 Å². The van der Waals surface area contributed by atoms with E-state index in [0.717, 1.165) is 23.6 Å². The Labute approximate surface area is 188 Å². The number of imidazole rings is 1. The second-order valence-electron chi connectivity index (χ2n) is 7.08. The monoisotopic (exact) mass is 486 g/mol. The maximum atomic E-state index is 14.5. The van der Waals surface area contributed by atoms with Gasteiger partial charge in [0.05, 0.1) is 17.2 Å². The Kier molecular flexibility index (Phi) is 6.06. The van der Waals surface area contributed by atoms with Crippen LogP contribution in [0.2, 0.25) is 5.02 Å². The van der Waals surface area contributed by atoms with E-state index in [1.165, 1.54) is 28.8 Å². The summed E-state index contributed by atoms with van der Waals surface area (Å²) >= 11 is 7.35. The Morgan fingerprint density at radius 2 is 1.94 bits per heavy atom. The molecule has 0 spiro atoms. The molecule has 32 heavy (non-hydrogen) atoms. The molecule has 12 heteroatoms. The van der Waals surface area contributed by atoms with Crippen molar-refractivity contribution < 1.29 is 27.4 Å². The molecule has 1 aromatic carbocycles. The van der Waals surface area contributed by atoms with Crippen LogP contribution in [0.5, 0.6) is 5.75 Å². The van der Waals surface area contributed by atoms with E-state index in [9.17, 15) is 17.6 Å². The van der Waals surface area contributed by atoms with Crippen LogP contribution in [-0.4, -0.2) is 37.9 Å². The van der Waals surface area contributed by atoms with Crippen molar-refractivity contribution in [3.63, 3.8) is 0 Å². The van der Waals surface area contributed by atoms with E-state index in [-0.39, 0.29) is 29.9 Å². The van der Waals surface area contributed by atoms with Gasteiger partial charge >= 0.3 is 6.18 Å². The standard InChI is InChI=1S/C20H15ClF4N4O2S/c1-10(8-30)9-31-16-5-13(21)12(4-14(16)22)18-27-28-19(32-18)15-7-29-6-11(20(23,24)25)2-3-17(29)26-15/h2-7,10,30H,8-9H2,1H3. The highest BCUT2D eigenvalue weighted by Crippen LogP contribution is 2.37. The number of aliphatic hydroxyl groups excluding tert-OH is 1. The number of hydrogen-bond acceptors (Lipinski definition) is 6. The average molecular weight is 487 g/mol. The zero-order valence-corrected chi connectivity index (χ0v) is 18.0. The van der Waals surface area contributed by atoms with Crippen molar-refractivity contribution in [2.75, 3.05) is 13.2 Å². The Morgan fingerprint density at radius 3 is 2.66 bits per heavy atom. The van der Waals surface area contributed by atoms with Crippen LogP contribution in [0.4, 0.5) is 17.6 Å². The van der Waals surface area contributed by atoms with Crippen LogP contribution in [0.25, 0.3) is 26.9 Å². The number of benzene rings is 1. The summed E-state index contributed by atoms with van der Waals surface area (Å²) < 4.78 is 59.9. The molecule has 0 aliphatic heterocycles.